The molecule has 0 aliphatic heterocycles. The quantitative estimate of drug-likeness (QED) is 0.439. The largest absolute Gasteiger partial charge is 0.467 e. The van der Waals surface area contributed by atoms with Gasteiger partial charge in [0, 0.05) is 18.6 Å². The summed E-state index contributed by atoms with van der Waals surface area (Å²) in [6, 6.07) is -0.751. The minimum absolute atomic E-state index is 0.0579. The molecule has 0 aromatic heterocycles. The van der Waals surface area contributed by atoms with Gasteiger partial charge in [0.05, 0.1) is 7.11 Å². The van der Waals surface area contributed by atoms with Crippen molar-refractivity contribution in [2.45, 2.75) is 71.3 Å². The molecule has 0 unspecified atom stereocenters. The second kappa shape index (κ2) is 13.6. The van der Waals surface area contributed by atoms with Crippen molar-refractivity contribution >= 4 is 28.8 Å². The Morgan fingerprint density at radius 3 is 2.14 bits per heavy atom. The number of esters is 1. The SMILES string of the molecule is CCCCCC(=O)N[C@@H](CSC(=O)CCCCC)C(=O)OC. The van der Waals surface area contributed by atoms with Crippen molar-refractivity contribution in [2.24, 2.45) is 0 Å². The van der Waals surface area contributed by atoms with Gasteiger partial charge >= 0.3 is 5.97 Å². The number of amides is 1. The number of rotatable bonds is 12. The first-order valence-corrected chi connectivity index (χ1v) is 9.06. The lowest BCUT2D eigenvalue weighted by molar-refractivity contribution is -0.144. The maximum absolute atomic E-state index is 11.8. The average molecular weight is 331 g/mol. The van der Waals surface area contributed by atoms with Crippen molar-refractivity contribution in [1.82, 2.24) is 5.32 Å². The minimum Gasteiger partial charge on any atom is -0.467 e. The molecule has 0 aromatic carbocycles. The number of thioether (sulfide) groups is 1. The summed E-state index contributed by atoms with van der Waals surface area (Å²) in [5.74, 6) is -0.433. The summed E-state index contributed by atoms with van der Waals surface area (Å²) in [4.78, 5) is 35.2. The van der Waals surface area contributed by atoms with E-state index >= 15 is 0 Å². The van der Waals surface area contributed by atoms with Gasteiger partial charge in [-0.3, -0.25) is 9.59 Å². The van der Waals surface area contributed by atoms with E-state index in [2.05, 4.69) is 19.2 Å². The molecule has 0 saturated carbocycles. The van der Waals surface area contributed by atoms with Crippen LogP contribution in [-0.2, 0) is 19.1 Å². The summed E-state index contributed by atoms with van der Waals surface area (Å²) in [6.45, 7) is 4.15. The van der Waals surface area contributed by atoms with E-state index in [0.29, 0.717) is 12.8 Å². The number of carbonyl (C=O) groups excluding carboxylic acids is 3. The topological polar surface area (TPSA) is 72.5 Å². The van der Waals surface area contributed by atoms with Crippen LogP contribution in [0.25, 0.3) is 0 Å². The second-order valence-corrected chi connectivity index (χ2v) is 6.32. The number of carbonyl (C=O) groups is 3. The van der Waals surface area contributed by atoms with Gasteiger partial charge in [-0.15, -0.1) is 0 Å². The zero-order valence-corrected chi connectivity index (χ0v) is 14.8. The number of unbranched alkanes of at least 4 members (excludes halogenated alkanes) is 4. The molecule has 128 valence electrons. The normalized spacial score (nSPS) is 11.8. The highest BCUT2D eigenvalue weighted by atomic mass is 32.2. The van der Waals surface area contributed by atoms with Crippen molar-refractivity contribution in [2.75, 3.05) is 12.9 Å². The Bertz CT molecular complexity index is 347. The zero-order chi connectivity index (χ0) is 16.8. The van der Waals surface area contributed by atoms with Gasteiger partial charge in [-0.1, -0.05) is 51.3 Å². The Balaban J connectivity index is 4.20. The third kappa shape index (κ3) is 10.7. The Morgan fingerprint density at radius 2 is 1.59 bits per heavy atom. The predicted octanol–water partition coefficient (Wildman–Crippen LogP) is 3.06. The van der Waals surface area contributed by atoms with E-state index in [0.717, 1.165) is 50.3 Å². The van der Waals surface area contributed by atoms with Crippen LogP contribution in [0.15, 0.2) is 0 Å². The van der Waals surface area contributed by atoms with Crippen molar-refractivity contribution in [3.8, 4) is 0 Å². The van der Waals surface area contributed by atoms with Gasteiger partial charge in [0.25, 0.3) is 0 Å². The maximum atomic E-state index is 11.8. The van der Waals surface area contributed by atoms with Crippen LogP contribution >= 0.6 is 11.8 Å². The molecule has 0 fully saturated rings. The van der Waals surface area contributed by atoms with Crippen LogP contribution in [0.4, 0.5) is 0 Å². The molecule has 0 spiro atoms. The van der Waals surface area contributed by atoms with Gasteiger partial charge in [0.1, 0.15) is 6.04 Å². The van der Waals surface area contributed by atoms with Crippen LogP contribution in [0, 0.1) is 0 Å². The molecule has 0 aliphatic rings. The van der Waals surface area contributed by atoms with Crippen molar-refractivity contribution in [3.63, 3.8) is 0 Å². The Labute approximate surface area is 137 Å². The fraction of sp³-hybridized carbons (Fsp3) is 0.812. The molecule has 0 rings (SSSR count). The molecule has 5 nitrogen and oxygen atoms in total. The van der Waals surface area contributed by atoms with E-state index in [-0.39, 0.29) is 16.8 Å². The first-order valence-electron chi connectivity index (χ1n) is 8.07. The number of hydrogen-bond acceptors (Lipinski definition) is 5. The molecule has 0 aromatic rings. The van der Waals surface area contributed by atoms with Gasteiger partial charge in [0.15, 0.2) is 5.12 Å². The van der Waals surface area contributed by atoms with Crippen LogP contribution in [0.3, 0.4) is 0 Å². The number of methoxy groups -OCH3 is 1. The summed E-state index contributed by atoms with van der Waals surface area (Å²) >= 11 is 1.09. The summed E-state index contributed by atoms with van der Waals surface area (Å²) in [5.41, 5.74) is 0. The van der Waals surface area contributed by atoms with Crippen molar-refractivity contribution in [1.29, 1.82) is 0 Å². The molecule has 0 radical (unpaired) electrons. The van der Waals surface area contributed by atoms with E-state index in [4.69, 9.17) is 4.74 Å². The highest BCUT2D eigenvalue weighted by molar-refractivity contribution is 8.13. The number of ether oxygens (including phenoxy) is 1. The first-order chi connectivity index (χ1) is 10.5. The lowest BCUT2D eigenvalue weighted by atomic mass is 10.2. The summed E-state index contributed by atoms with van der Waals surface area (Å²) in [5, 5.41) is 2.72. The third-order valence-corrected chi connectivity index (χ3v) is 4.25. The van der Waals surface area contributed by atoms with Crippen LogP contribution in [-0.4, -0.2) is 35.9 Å². The van der Waals surface area contributed by atoms with Crippen LogP contribution in [0.1, 0.15) is 65.2 Å². The number of hydrogen-bond donors (Lipinski definition) is 1. The molecule has 0 bridgehead atoms. The first kappa shape index (κ1) is 21.0. The second-order valence-electron chi connectivity index (χ2n) is 5.24. The smallest absolute Gasteiger partial charge is 0.329 e. The van der Waals surface area contributed by atoms with E-state index in [1.165, 1.54) is 7.11 Å². The summed E-state index contributed by atoms with van der Waals surface area (Å²) in [7, 11) is 1.28. The van der Waals surface area contributed by atoms with Gasteiger partial charge in [0.2, 0.25) is 5.91 Å². The Kier molecular flexibility index (Phi) is 13.0. The molecule has 0 saturated heterocycles. The van der Waals surface area contributed by atoms with Crippen LogP contribution < -0.4 is 5.32 Å². The lowest BCUT2D eigenvalue weighted by Gasteiger charge is -2.15. The van der Waals surface area contributed by atoms with E-state index < -0.39 is 12.0 Å². The molecular formula is C16H29NO4S. The third-order valence-electron chi connectivity index (χ3n) is 3.22. The predicted molar refractivity (Wildman–Crippen MR) is 89.7 cm³/mol. The van der Waals surface area contributed by atoms with E-state index in [9.17, 15) is 14.4 Å². The fourth-order valence-corrected chi connectivity index (χ4v) is 2.74. The summed E-state index contributed by atoms with van der Waals surface area (Å²) < 4.78 is 4.69. The molecular weight excluding hydrogens is 302 g/mol. The molecule has 0 aliphatic carbocycles. The Hall–Kier alpha value is -1.04. The van der Waals surface area contributed by atoms with E-state index in [1.807, 2.05) is 0 Å². The molecule has 1 N–H and O–H groups in total. The van der Waals surface area contributed by atoms with Crippen LogP contribution in [0.5, 0.6) is 0 Å². The highest BCUT2D eigenvalue weighted by Gasteiger charge is 2.22. The standard InChI is InChI=1S/C16H29NO4S/c1-4-6-8-10-14(18)17-13(16(20)21-3)12-22-15(19)11-9-7-5-2/h13H,4-12H2,1-3H3,(H,17,18)/t13-/m0/s1. The fourth-order valence-electron chi connectivity index (χ4n) is 1.88. The molecule has 22 heavy (non-hydrogen) atoms. The van der Waals surface area contributed by atoms with E-state index in [1.54, 1.807) is 0 Å². The number of nitrogens with one attached hydrogen (secondary N) is 1. The van der Waals surface area contributed by atoms with Gasteiger partial charge in [-0.2, -0.15) is 0 Å². The zero-order valence-electron chi connectivity index (χ0n) is 14.0. The lowest BCUT2D eigenvalue weighted by Crippen LogP contribution is -2.43. The van der Waals surface area contributed by atoms with Gasteiger partial charge in [-0.25, -0.2) is 4.79 Å². The molecule has 1 amide bonds. The monoisotopic (exact) mass is 331 g/mol. The van der Waals surface area contributed by atoms with Crippen molar-refractivity contribution < 1.29 is 19.1 Å². The Morgan fingerprint density at radius 1 is 1.00 bits per heavy atom. The van der Waals surface area contributed by atoms with Crippen molar-refractivity contribution in [3.05, 3.63) is 0 Å². The minimum atomic E-state index is -0.751. The summed E-state index contributed by atoms with van der Waals surface area (Å²) in [6.07, 6.45) is 6.70. The molecule has 0 heterocycles. The average Bonchev–Trinajstić information content (AvgIpc) is 2.51. The maximum Gasteiger partial charge on any atom is 0.329 e. The highest BCUT2D eigenvalue weighted by Crippen LogP contribution is 2.12. The van der Waals surface area contributed by atoms with Gasteiger partial charge < -0.3 is 10.1 Å². The van der Waals surface area contributed by atoms with Gasteiger partial charge in [-0.05, 0) is 12.8 Å². The molecule has 6 heteroatoms. The van der Waals surface area contributed by atoms with Crippen LogP contribution in [0.2, 0.25) is 0 Å². The molecule has 1 atom stereocenters.